The molecule has 35 heavy (non-hydrogen) atoms. The Labute approximate surface area is 200 Å². The second kappa shape index (κ2) is 9.14. The average Bonchev–Trinajstić information content (AvgIpc) is 3.33. The lowest BCUT2D eigenvalue weighted by Gasteiger charge is -2.31. The minimum absolute atomic E-state index is 0.0185. The van der Waals surface area contributed by atoms with Gasteiger partial charge in [0.2, 0.25) is 6.79 Å². The number of aromatic hydroxyl groups is 1. The van der Waals surface area contributed by atoms with E-state index in [9.17, 15) is 18.3 Å². The van der Waals surface area contributed by atoms with Crippen LogP contribution >= 0.6 is 0 Å². The van der Waals surface area contributed by atoms with Crippen LogP contribution in [0.15, 0.2) is 65.7 Å². The molecule has 0 aromatic heterocycles. The summed E-state index contributed by atoms with van der Waals surface area (Å²) >= 11 is 0. The van der Waals surface area contributed by atoms with E-state index in [1.54, 1.807) is 24.3 Å². The number of nitrogens with zero attached hydrogens (tertiary/aromatic N) is 1. The van der Waals surface area contributed by atoms with E-state index in [4.69, 9.17) is 19.2 Å². The smallest absolute Gasteiger partial charge is 0.416 e. The first-order valence-corrected chi connectivity index (χ1v) is 11.2. The maximum atomic E-state index is 13.1. The van der Waals surface area contributed by atoms with Crippen molar-refractivity contribution in [1.82, 2.24) is 5.32 Å². The molecular formula is C26H23F3N2O4. The quantitative estimate of drug-likeness (QED) is 0.482. The predicted octanol–water partition coefficient (Wildman–Crippen LogP) is 5.76. The van der Waals surface area contributed by atoms with Crippen molar-refractivity contribution < 1.29 is 32.5 Å². The van der Waals surface area contributed by atoms with Crippen molar-refractivity contribution in [2.45, 2.75) is 31.7 Å². The van der Waals surface area contributed by atoms with Gasteiger partial charge in [-0.2, -0.15) is 13.2 Å². The Hall–Kier alpha value is -3.72. The molecule has 0 unspecified atom stereocenters. The third-order valence-electron chi connectivity index (χ3n) is 6.01. The first kappa shape index (κ1) is 23.0. The van der Waals surface area contributed by atoms with Gasteiger partial charge in [-0.25, -0.2) is 0 Å². The average molecular weight is 484 g/mol. The molecular weight excluding hydrogens is 461 g/mol. The van der Waals surface area contributed by atoms with Crippen molar-refractivity contribution in [2.24, 2.45) is 4.99 Å². The zero-order chi connectivity index (χ0) is 24.6. The molecule has 2 heterocycles. The molecule has 9 heteroatoms. The highest BCUT2D eigenvalue weighted by Gasteiger charge is 2.32. The molecule has 3 aromatic carbocycles. The summed E-state index contributed by atoms with van der Waals surface area (Å²) in [5, 5.41) is 14.2. The molecule has 2 aliphatic rings. The summed E-state index contributed by atoms with van der Waals surface area (Å²) in [6, 6.07) is 15.3. The van der Waals surface area contributed by atoms with Gasteiger partial charge in [0.1, 0.15) is 6.17 Å². The number of phenolic OH excluding ortho intramolecular Hbond substituents is 1. The monoisotopic (exact) mass is 484 g/mol. The molecule has 0 saturated heterocycles. The maximum Gasteiger partial charge on any atom is 0.416 e. The molecule has 5 rings (SSSR count). The molecule has 0 radical (unpaired) electrons. The number of fused-ring (bicyclic) bond motifs is 1. The summed E-state index contributed by atoms with van der Waals surface area (Å²) in [6.07, 6.45) is -4.63. The van der Waals surface area contributed by atoms with E-state index < -0.39 is 17.9 Å². The van der Waals surface area contributed by atoms with Crippen LogP contribution in [-0.4, -0.2) is 24.2 Å². The van der Waals surface area contributed by atoms with Gasteiger partial charge in [-0.3, -0.25) is 10.3 Å². The number of alkyl halides is 3. The van der Waals surface area contributed by atoms with E-state index in [0.717, 1.165) is 23.4 Å². The third kappa shape index (κ3) is 4.64. The van der Waals surface area contributed by atoms with Crippen molar-refractivity contribution in [3.05, 3.63) is 82.9 Å². The molecule has 0 saturated carbocycles. The van der Waals surface area contributed by atoms with Crippen molar-refractivity contribution >= 4 is 5.71 Å². The molecule has 2 N–H and O–H groups in total. The van der Waals surface area contributed by atoms with Crippen molar-refractivity contribution in [3.63, 3.8) is 0 Å². The number of phenols is 1. The summed E-state index contributed by atoms with van der Waals surface area (Å²) in [5.41, 5.74) is 1.98. The van der Waals surface area contributed by atoms with E-state index in [0.29, 0.717) is 41.4 Å². The number of aliphatic imine (C=N–C) groups is 1. The molecule has 2 atom stereocenters. The molecule has 2 aliphatic heterocycles. The third-order valence-corrected chi connectivity index (χ3v) is 6.01. The molecule has 6 nitrogen and oxygen atoms in total. The lowest BCUT2D eigenvalue weighted by molar-refractivity contribution is -0.137. The highest BCUT2D eigenvalue weighted by Crippen LogP contribution is 2.40. The Balaban J connectivity index is 1.54. The Bertz CT molecular complexity index is 1260. The number of rotatable bonds is 5. The zero-order valence-electron chi connectivity index (χ0n) is 18.8. The number of para-hydroxylation sites is 1. The van der Waals surface area contributed by atoms with Crippen LogP contribution in [0.1, 0.15) is 47.8 Å². The van der Waals surface area contributed by atoms with Crippen LogP contribution in [-0.2, 0) is 6.18 Å². The summed E-state index contributed by atoms with van der Waals surface area (Å²) in [6.45, 7) is 2.37. The standard InChI is InChI=1S/C26H23F3N2O4/c1-2-33-22-5-3-4-18(24(22)32)20-13-19(16-8-11-21-23(12-16)35-14-34-21)30-25(31-20)15-6-9-17(10-7-15)26(27,28)29/h3-12,20,25,31-32H,2,13-14H2,1H3/t20-,25-/m0/s1. The zero-order valence-corrected chi connectivity index (χ0v) is 18.8. The van der Waals surface area contributed by atoms with Gasteiger partial charge in [0.05, 0.1) is 12.2 Å². The van der Waals surface area contributed by atoms with Crippen LogP contribution in [0.3, 0.4) is 0 Å². The van der Waals surface area contributed by atoms with Gasteiger partial charge in [-0.15, -0.1) is 0 Å². The van der Waals surface area contributed by atoms with E-state index in [2.05, 4.69) is 5.32 Å². The topological polar surface area (TPSA) is 72.3 Å². The van der Waals surface area contributed by atoms with Gasteiger partial charge in [-0.05, 0) is 54.4 Å². The first-order chi connectivity index (χ1) is 16.8. The summed E-state index contributed by atoms with van der Waals surface area (Å²) in [7, 11) is 0. The van der Waals surface area contributed by atoms with Gasteiger partial charge in [0.15, 0.2) is 23.0 Å². The van der Waals surface area contributed by atoms with Gasteiger partial charge in [0, 0.05) is 23.7 Å². The minimum atomic E-state index is -4.42. The van der Waals surface area contributed by atoms with Crippen LogP contribution in [0, 0.1) is 0 Å². The summed E-state index contributed by atoms with van der Waals surface area (Å²) < 4.78 is 55.7. The van der Waals surface area contributed by atoms with Crippen LogP contribution in [0.2, 0.25) is 0 Å². The molecule has 0 spiro atoms. The lowest BCUT2D eigenvalue weighted by atomic mass is 9.93. The van der Waals surface area contributed by atoms with Gasteiger partial charge >= 0.3 is 6.18 Å². The molecule has 0 aliphatic carbocycles. The lowest BCUT2D eigenvalue weighted by Crippen LogP contribution is -2.33. The van der Waals surface area contributed by atoms with E-state index in [1.807, 2.05) is 19.1 Å². The second-order valence-corrected chi connectivity index (χ2v) is 8.22. The fourth-order valence-corrected chi connectivity index (χ4v) is 4.27. The van der Waals surface area contributed by atoms with Crippen LogP contribution in [0.4, 0.5) is 13.2 Å². The van der Waals surface area contributed by atoms with Crippen molar-refractivity contribution in [2.75, 3.05) is 13.4 Å². The van der Waals surface area contributed by atoms with E-state index in [-0.39, 0.29) is 18.6 Å². The summed E-state index contributed by atoms with van der Waals surface area (Å²) in [4.78, 5) is 4.82. The van der Waals surface area contributed by atoms with Crippen LogP contribution < -0.4 is 19.5 Å². The van der Waals surface area contributed by atoms with E-state index in [1.165, 1.54) is 12.1 Å². The molecule has 0 bridgehead atoms. The molecule has 3 aromatic rings. The van der Waals surface area contributed by atoms with Crippen LogP contribution in [0.25, 0.3) is 0 Å². The predicted molar refractivity (Wildman–Crippen MR) is 123 cm³/mol. The van der Waals surface area contributed by atoms with Crippen LogP contribution in [0.5, 0.6) is 23.0 Å². The fourth-order valence-electron chi connectivity index (χ4n) is 4.27. The summed E-state index contributed by atoms with van der Waals surface area (Å²) in [5.74, 6) is 1.63. The Kier molecular flexibility index (Phi) is 6.02. The second-order valence-electron chi connectivity index (χ2n) is 8.22. The fraction of sp³-hybridized carbons (Fsp3) is 0.269. The number of ether oxygens (including phenoxy) is 3. The Morgan fingerprint density at radius 2 is 1.83 bits per heavy atom. The number of benzene rings is 3. The first-order valence-electron chi connectivity index (χ1n) is 11.2. The van der Waals surface area contributed by atoms with E-state index >= 15 is 0 Å². The van der Waals surface area contributed by atoms with Gasteiger partial charge in [0.25, 0.3) is 0 Å². The largest absolute Gasteiger partial charge is 0.504 e. The highest BCUT2D eigenvalue weighted by atomic mass is 19.4. The van der Waals surface area contributed by atoms with Crippen molar-refractivity contribution in [3.8, 4) is 23.0 Å². The number of halogens is 3. The number of hydrogen-bond donors (Lipinski definition) is 2. The minimum Gasteiger partial charge on any atom is -0.504 e. The van der Waals surface area contributed by atoms with Gasteiger partial charge in [-0.1, -0.05) is 24.3 Å². The Morgan fingerprint density at radius 3 is 2.57 bits per heavy atom. The normalized spacial score (nSPS) is 19.4. The molecule has 0 amide bonds. The number of nitrogens with one attached hydrogen (secondary N) is 1. The highest BCUT2D eigenvalue weighted by molar-refractivity contribution is 6.02. The SMILES string of the molecule is CCOc1cccc([C@@H]2CC(c3ccc4c(c3)OCO4)=N[C@H](c3ccc(C(F)(F)F)cc3)N2)c1O. The molecule has 0 fully saturated rings. The Morgan fingerprint density at radius 1 is 1.06 bits per heavy atom. The van der Waals surface area contributed by atoms with Gasteiger partial charge < -0.3 is 19.3 Å². The maximum absolute atomic E-state index is 13.1. The molecule has 182 valence electrons. The van der Waals surface area contributed by atoms with Crippen molar-refractivity contribution in [1.29, 1.82) is 0 Å². The number of hydrogen-bond acceptors (Lipinski definition) is 6.